The minimum Gasteiger partial charge on any atom is -0.493 e. The van der Waals surface area contributed by atoms with Gasteiger partial charge in [0.15, 0.2) is 11.5 Å². The van der Waals surface area contributed by atoms with Crippen LogP contribution in [-0.4, -0.2) is 24.4 Å². The number of aromatic amines is 1. The predicted octanol–water partition coefficient (Wildman–Crippen LogP) is 2.99. The molecule has 5 nitrogen and oxygen atoms in total. The first-order valence-electron chi connectivity index (χ1n) is 7.39. The maximum absolute atomic E-state index is 12.7. The fourth-order valence-electron chi connectivity index (χ4n) is 3.12. The fourth-order valence-corrected chi connectivity index (χ4v) is 3.12. The van der Waals surface area contributed by atoms with E-state index >= 15 is 0 Å². The molecule has 1 saturated carbocycles. The zero-order chi connectivity index (χ0) is 14.8. The molecule has 1 fully saturated rings. The molecular formula is C16H20N2O3. The van der Waals surface area contributed by atoms with Gasteiger partial charge in [-0.15, -0.1) is 0 Å². The van der Waals surface area contributed by atoms with E-state index in [4.69, 9.17) is 9.47 Å². The topological polar surface area (TPSA) is 64.2 Å². The fraction of sp³-hybridized carbons (Fsp3) is 0.500. The number of hydrogen-bond acceptors (Lipinski definition) is 4. The summed E-state index contributed by atoms with van der Waals surface area (Å²) in [6.07, 6.45) is 5.71. The van der Waals surface area contributed by atoms with Gasteiger partial charge in [0.25, 0.3) is 0 Å². The molecule has 5 heteroatoms. The van der Waals surface area contributed by atoms with Crippen molar-refractivity contribution in [3.8, 4) is 11.5 Å². The first-order chi connectivity index (χ1) is 10.2. The molecule has 1 N–H and O–H groups in total. The van der Waals surface area contributed by atoms with Crippen molar-refractivity contribution in [2.45, 2.75) is 38.0 Å². The van der Waals surface area contributed by atoms with E-state index in [1.807, 2.05) is 0 Å². The molecule has 3 rings (SSSR count). The summed E-state index contributed by atoms with van der Waals surface area (Å²) in [6, 6.07) is 3.49. The highest BCUT2D eigenvalue weighted by atomic mass is 16.5. The van der Waals surface area contributed by atoms with Gasteiger partial charge in [0.1, 0.15) is 5.69 Å². The van der Waals surface area contributed by atoms with E-state index in [1.165, 1.54) is 19.3 Å². The maximum atomic E-state index is 12.7. The number of fused-ring (bicyclic) bond motifs is 1. The van der Waals surface area contributed by atoms with Crippen LogP contribution in [0.25, 0.3) is 10.9 Å². The van der Waals surface area contributed by atoms with Crippen LogP contribution in [0.15, 0.2) is 16.9 Å². The normalized spacial score (nSPS) is 16.1. The standard InChI is InChI=1S/C16H20N2O3/c1-20-13-8-11-12(9-14(13)21-2)17-18-15(16(11)19)10-6-4-3-5-7-10/h8-10H,3-7H2,1-2H3,(H,17,19). The number of nitrogens with one attached hydrogen (secondary N) is 1. The van der Waals surface area contributed by atoms with E-state index < -0.39 is 0 Å². The molecule has 1 aromatic heterocycles. The monoisotopic (exact) mass is 288 g/mol. The average Bonchev–Trinajstić information content (AvgIpc) is 2.55. The van der Waals surface area contributed by atoms with E-state index in [1.54, 1.807) is 26.4 Å². The molecule has 0 atom stereocenters. The molecule has 21 heavy (non-hydrogen) atoms. The second-order valence-corrected chi connectivity index (χ2v) is 5.53. The molecular weight excluding hydrogens is 268 g/mol. The molecule has 1 aliphatic carbocycles. The largest absolute Gasteiger partial charge is 0.493 e. The van der Waals surface area contributed by atoms with Gasteiger partial charge in [-0.1, -0.05) is 19.3 Å². The highest BCUT2D eigenvalue weighted by Crippen LogP contribution is 2.32. The zero-order valence-electron chi connectivity index (χ0n) is 12.4. The number of aromatic nitrogens is 2. The molecule has 1 aromatic carbocycles. The Labute approximate surface area is 123 Å². The van der Waals surface area contributed by atoms with Gasteiger partial charge < -0.3 is 9.47 Å². The molecule has 0 aliphatic heterocycles. The van der Waals surface area contributed by atoms with Crippen molar-refractivity contribution in [3.05, 3.63) is 28.0 Å². The lowest BCUT2D eigenvalue weighted by Gasteiger charge is -2.20. The summed E-state index contributed by atoms with van der Waals surface area (Å²) in [4.78, 5) is 12.7. The molecule has 0 radical (unpaired) electrons. The Morgan fingerprint density at radius 3 is 2.43 bits per heavy atom. The Morgan fingerprint density at radius 2 is 1.76 bits per heavy atom. The van der Waals surface area contributed by atoms with Crippen LogP contribution in [0.1, 0.15) is 43.7 Å². The molecule has 2 aromatic rings. The molecule has 0 unspecified atom stereocenters. The minimum absolute atomic E-state index is 0.0107. The van der Waals surface area contributed by atoms with E-state index in [-0.39, 0.29) is 11.3 Å². The average molecular weight is 288 g/mol. The predicted molar refractivity (Wildman–Crippen MR) is 81.3 cm³/mol. The van der Waals surface area contributed by atoms with E-state index in [2.05, 4.69) is 10.2 Å². The smallest absolute Gasteiger partial charge is 0.211 e. The Bertz CT molecular complexity index is 702. The Kier molecular flexibility index (Phi) is 3.82. The third-order valence-electron chi connectivity index (χ3n) is 4.29. The summed E-state index contributed by atoms with van der Waals surface area (Å²) in [5.74, 6) is 1.43. The number of benzene rings is 1. The third kappa shape index (κ3) is 2.48. The van der Waals surface area contributed by atoms with Gasteiger partial charge in [-0.05, 0) is 18.9 Å². The summed E-state index contributed by atoms with van der Waals surface area (Å²) in [7, 11) is 3.15. The minimum atomic E-state index is 0.0107. The first-order valence-corrected chi connectivity index (χ1v) is 7.39. The zero-order valence-corrected chi connectivity index (χ0v) is 12.4. The van der Waals surface area contributed by atoms with Gasteiger partial charge in [0, 0.05) is 12.0 Å². The lowest BCUT2D eigenvalue weighted by Crippen LogP contribution is -2.19. The van der Waals surface area contributed by atoms with Crippen LogP contribution < -0.4 is 14.9 Å². The van der Waals surface area contributed by atoms with Crippen molar-refractivity contribution in [3.63, 3.8) is 0 Å². The number of nitrogens with zero attached hydrogens (tertiary/aromatic N) is 1. The molecule has 0 bridgehead atoms. The van der Waals surface area contributed by atoms with E-state index in [0.717, 1.165) is 12.8 Å². The van der Waals surface area contributed by atoms with Crippen molar-refractivity contribution in [2.75, 3.05) is 14.2 Å². The Balaban J connectivity index is 2.13. The molecule has 0 saturated heterocycles. The summed E-state index contributed by atoms with van der Waals surface area (Å²) in [5.41, 5.74) is 1.35. The summed E-state index contributed by atoms with van der Waals surface area (Å²) < 4.78 is 10.5. The molecule has 112 valence electrons. The van der Waals surface area contributed by atoms with Crippen LogP contribution in [0.2, 0.25) is 0 Å². The highest BCUT2D eigenvalue weighted by molar-refractivity contribution is 5.82. The number of methoxy groups -OCH3 is 2. The second kappa shape index (κ2) is 5.76. The van der Waals surface area contributed by atoms with Gasteiger partial charge >= 0.3 is 0 Å². The van der Waals surface area contributed by atoms with Crippen LogP contribution in [-0.2, 0) is 0 Å². The Morgan fingerprint density at radius 1 is 1.10 bits per heavy atom. The van der Waals surface area contributed by atoms with Crippen molar-refractivity contribution in [2.24, 2.45) is 0 Å². The van der Waals surface area contributed by atoms with Crippen LogP contribution in [0.4, 0.5) is 0 Å². The number of H-pyrrole nitrogens is 1. The van der Waals surface area contributed by atoms with Crippen molar-refractivity contribution < 1.29 is 9.47 Å². The second-order valence-electron chi connectivity index (χ2n) is 5.53. The maximum Gasteiger partial charge on any atom is 0.211 e. The van der Waals surface area contributed by atoms with Crippen LogP contribution in [0.3, 0.4) is 0 Å². The van der Waals surface area contributed by atoms with Crippen molar-refractivity contribution >= 4 is 10.9 Å². The van der Waals surface area contributed by atoms with Gasteiger partial charge in [-0.3, -0.25) is 9.89 Å². The summed E-state index contributed by atoms with van der Waals surface area (Å²) >= 11 is 0. The number of ether oxygens (including phenoxy) is 2. The van der Waals surface area contributed by atoms with Crippen LogP contribution >= 0.6 is 0 Å². The molecule has 1 aliphatic rings. The highest BCUT2D eigenvalue weighted by Gasteiger charge is 2.21. The third-order valence-corrected chi connectivity index (χ3v) is 4.29. The lowest BCUT2D eigenvalue weighted by atomic mass is 9.86. The number of rotatable bonds is 3. The van der Waals surface area contributed by atoms with Gasteiger partial charge in [-0.2, -0.15) is 5.10 Å². The summed E-state index contributed by atoms with van der Waals surface area (Å²) in [5, 5.41) is 7.94. The van der Waals surface area contributed by atoms with E-state index in [0.29, 0.717) is 28.1 Å². The van der Waals surface area contributed by atoms with Gasteiger partial charge in [0.05, 0.1) is 25.1 Å². The molecule has 0 spiro atoms. The molecule has 1 heterocycles. The lowest BCUT2D eigenvalue weighted by molar-refractivity contribution is 0.355. The van der Waals surface area contributed by atoms with Crippen molar-refractivity contribution in [1.29, 1.82) is 0 Å². The first kappa shape index (κ1) is 13.9. The molecule has 0 amide bonds. The quantitative estimate of drug-likeness (QED) is 0.943. The van der Waals surface area contributed by atoms with Crippen LogP contribution in [0.5, 0.6) is 11.5 Å². The number of hydrogen-bond donors (Lipinski definition) is 1. The van der Waals surface area contributed by atoms with Gasteiger partial charge in [-0.25, -0.2) is 0 Å². The van der Waals surface area contributed by atoms with Crippen LogP contribution in [0, 0.1) is 0 Å². The summed E-state index contributed by atoms with van der Waals surface area (Å²) in [6.45, 7) is 0. The van der Waals surface area contributed by atoms with Crippen molar-refractivity contribution in [1.82, 2.24) is 10.2 Å². The SMILES string of the molecule is COc1cc2[nH]nc(C3CCCCC3)c(=O)c2cc1OC. The van der Waals surface area contributed by atoms with E-state index in [9.17, 15) is 4.79 Å². The Hall–Kier alpha value is -2.04. The van der Waals surface area contributed by atoms with Gasteiger partial charge in [0.2, 0.25) is 5.43 Å².